The highest BCUT2D eigenvalue weighted by Gasteiger charge is 2.12. The van der Waals surface area contributed by atoms with E-state index in [-0.39, 0.29) is 0 Å². The zero-order chi connectivity index (χ0) is 12.7. The molecule has 5 heteroatoms. The van der Waals surface area contributed by atoms with Crippen LogP contribution in [-0.4, -0.2) is 14.8 Å². The third kappa shape index (κ3) is 1.48. The van der Waals surface area contributed by atoms with E-state index < -0.39 is 0 Å². The van der Waals surface area contributed by atoms with Crippen molar-refractivity contribution in [2.75, 3.05) is 11.5 Å². The highest BCUT2D eigenvalue weighted by atomic mass is 15.3. The van der Waals surface area contributed by atoms with Gasteiger partial charge in [0.2, 0.25) is 0 Å². The second-order valence-electron chi connectivity index (χ2n) is 4.21. The first kappa shape index (κ1) is 10.6. The Hall–Kier alpha value is -2.56. The van der Waals surface area contributed by atoms with Gasteiger partial charge in [0, 0.05) is 24.5 Å². The number of rotatable bonds is 1. The molecule has 2 heterocycles. The molecule has 2 aromatic heterocycles. The summed E-state index contributed by atoms with van der Waals surface area (Å²) in [6, 6.07) is 7.64. The molecule has 0 aliphatic carbocycles. The van der Waals surface area contributed by atoms with E-state index in [4.69, 9.17) is 11.5 Å². The standard InChI is InChI=1S/C13H13N5/c1-18-11-7-16-6-10(12(11)13(15)17-18)8-2-4-9(14)5-3-8/h2-7H,14H2,1H3,(H2,15,17). The van der Waals surface area contributed by atoms with Crippen LogP contribution in [0, 0.1) is 0 Å². The maximum Gasteiger partial charge on any atom is 0.154 e. The second kappa shape index (κ2) is 3.73. The largest absolute Gasteiger partial charge is 0.399 e. The van der Waals surface area contributed by atoms with E-state index in [2.05, 4.69) is 10.1 Å². The van der Waals surface area contributed by atoms with E-state index in [1.54, 1.807) is 17.1 Å². The third-order valence-electron chi connectivity index (χ3n) is 3.01. The number of nitrogens with zero attached hydrogens (tertiary/aromatic N) is 3. The van der Waals surface area contributed by atoms with Crippen LogP contribution in [0.15, 0.2) is 36.7 Å². The molecule has 3 aromatic rings. The SMILES string of the molecule is Cn1nc(N)c2c(-c3ccc(N)cc3)cncc21. The van der Waals surface area contributed by atoms with Crippen LogP contribution in [0.2, 0.25) is 0 Å². The van der Waals surface area contributed by atoms with E-state index in [0.29, 0.717) is 5.82 Å². The minimum Gasteiger partial charge on any atom is -0.399 e. The van der Waals surface area contributed by atoms with E-state index in [9.17, 15) is 0 Å². The number of hydrogen-bond acceptors (Lipinski definition) is 4. The van der Waals surface area contributed by atoms with Crippen molar-refractivity contribution < 1.29 is 0 Å². The third-order valence-corrected chi connectivity index (χ3v) is 3.01. The second-order valence-corrected chi connectivity index (χ2v) is 4.21. The normalized spacial score (nSPS) is 10.9. The van der Waals surface area contributed by atoms with Gasteiger partial charge in [-0.25, -0.2) is 0 Å². The van der Waals surface area contributed by atoms with Crippen molar-refractivity contribution in [1.82, 2.24) is 14.8 Å². The summed E-state index contributed by atoms with van der Waals surface area (Å²) in [6.45, 7) is 0. The number of nitrogens with two attached hydrogens (primary N) is 2. The molecule has 0 radical (unpaired) electrons. The molecule has 18 heavy (non-hydrogen) atoms. The molecule has 90 valence electrons. The molecule has 3 rings (SSSR count). The van der Waals surface area contributed by atoms with Crippen LogP contribution in [-0.2, 0) is 7.05 Å². The quantitative estimate of drug-likeness (QED) is 0.634. The van der Waals surface area contributed by atoms with Gasteiger partial charge in [0.1, 0.15) is 0 Å². The van der Waals surface area contributed by atoms with Crippen LogP contribution < -0.4 is 11.5 Å². The van der Waals surface area contributed by atoms with Crippen molar-refractivity contribution in [3.05, 3.63) is 36.7 Å². The van der Waals surface area contributed by atoms with Gasteiger partial charge in [0.15, 0.2) is 5.82 Å². The van der Waals surface area contributed by atoms with E-state index in [1.165, 1.54) is 0 Å². The van der Waals surface area contributed by atoms with E-state index >= 15 is 0 Å². The molecule has 5 nitrogen and oxygen atoms in total. The maximum atomic E-state index is 5.96. The zero-order valence-electron chi connectivity index (χ0n) is 9.96. The molecule has 4 N–H and O–H groups in total. The molecule has 0 bridgehead atoms. The lowest BCUT2D eigenvalue weighted by molar-refractivity contribution is 0.800. The van der Waals surface area contributed by atoms with Crippen LogP contribution in [0.25, 0.3) is 22.0 Å². The lowest BCUT2D eigenvalue weighted by Gasteiger charge is -2.04. The molecule has 1 aromatic carbocycles. The molecule has 0 spiro atoms. The molecule has 0 amide bonds. The van der Waals surface area contributed by atoms with Crippen LogP contribution in [0.3, 0.4) is 0 Å². The van der Waals surface area contributed by atoms with Gasteiger partial charge in [-0.05, 0) is 17.7 Å². The predicted octanol–water partition coefficient (Wildman–Crippen LogP) is 1.80. The molecule has 0 unspecified atom stereocenters. The Morgan fingerprint density at radius 3 is 2.50 bits per heavy atom. The number of benzene rings is 1. The lowest BCUT2D eigenvalue weighted by Crippen LogP contribution is -1.91. The maximum absolute atomic E-state index is 5.96. The molecule has 0 saturated heterocycles. The first-order valence-corrected chi connectivity index (χ1v) is 5.59. The van der Waals surface area contributed by atoms with Crippen LogP contribution in [0.1, 0.15) is 0 Å². The number of aryl methyl sites for hydroxylation is 1. The topological polar surface area (TPSA) is 82.8 Å². The van der Waals surface area contributed by atoms with Gasteiger partial charge >= 0.3 is 0 Å². The summed E-state index contributed by atoms with van der Waals surface area (Å²) in [5.74, 6) is 0.515. The zero-order valence-corrected chi connectivity index (χ0v) is 9.96. The highest BCUT2D eigenvalue weighted by Crippen LogP contribution is 2.31. The molecule has 0 aliphatic rings. The average Bonchev–Trinajstić information content (AvgIpc) is 2.66. The Morgan fingerprint density at radius 2 is 1.78 bits per heavy atom. The Balaban J connectivity index is 2.32. The van der Waals surface area contributed by atoms with Crippen molar-refractivity contribution in [2.24, 2.45) is 7.05 Å². The summed E-state index contributed by atoms with van der Waals surface area (Å²) in [5, 5.41) is 5.15. The summed E-state index contributed by atoms with van der Waals surface area (Å²) >= 11 is 0. The fraction of sp³-hybridized carbons (Fsp3) is 0.0769. The van der Waals surface area contributed by atoms with Crippen molar-refractivity contribution in [2.45, 2.75) is 0 Å². The fourth-order valence-electron chi connectivity index (χ4n) is 2.11. The molecule has 0 atom stereocenters. The fourth-order valence-corrected chi connectivity index (χ4v) is 2.11. The van der Waals surface area contributed by atoms with Crippen LogP contribution in [0.4, 0.5) is 11.5 Å². The molecular formula is C13H13N5. The number of hydrogen-bond donors (Lipinski definition) is 2. The van der Waals surface area contributed by atoms with Crippen molar-refractivity contribution >= 4 is 22.4 Å². The molecule has 0 saturated carbocycles. The van der Waals surface area contributed by atoms with Gasteiger partial charge in [-0.15, -0.1) is 0 Å². The van der Waals surface area contributed by atoms with Crippen molar-refractivity contribution in [3.63, 3.8) is 0 Å². The molecule has 0 fully saturated rings. The van der Waals surface area contributed by atoms with Gasteiger partial charge in [-0.1, -0.05) is 12.1 Å². The average molecular weight is 239 g/mol. The number of fused-ring (bicyclic) bond motifs is 1. The Bertz CT molecular complexity index is 712. The van der Waals surface area contributed by atoms with Gasteiger partial charge < -0.3 is 11.5 Å². The van der Waals surface area contributed by atoms with Gasteiger partial charge in [0.05, 0.1) is 17.1 Å². The van der Waals surface area contributed by atoms with E-state index in [0.717, 1.165) is 27.7 Å². The molecule has 0 aliphatic heterocycles. The smallest absolute Gasteiger partial charge is 0.154 e. The molecular weight excluding hydrogens is 226 g/mol. The highest BCUT2D eigenvalue weighted by molar-refractivity contribution is 6.01. The number of anilines is 2. The number of pyridine rings is 1. The first-order chi connectivity index (χ1) is 8.66. The van der Waals surface area contributed by atoms with Gasteiger partial charge in [0.25, 0.3) is 0 Å². The number of nitrogen functional groups attached to an aromatic ring is 2. The predicted molar refractivity (Wildman–Crippen MR) is 72.8 cm³/mol. The van der Waals surface area contributed by atoms with Crippen molar-refractivity contribution in [3.8, 4) is 11.1 Å². The Morgan fingerprint density at radius 1 is 1.06 bits per heavy atom. The summed E-state index contributed by atoms with van der Waals surface area (Å²) < 4.78 is 1.73. The van der Waals surface area contributed by atoms with Crippen LogP contribution >= 0.6 is 0 Å². The minimum absolute atomic E-state index is 0.515. The van der Waals surface area contributed by atoms with Crippen LogP contribution in [0.5, 0.6) is 0 Å². The summed E-state index contributed by atoms with van der Waals surface area (Å²) in [7, 11) is 1.85. The summed E-state index contributed by atoms with van der Waals surface area (Å²) in [6.07, 6.45) is 3.56. The first-order valence-electron chi connectivity index (χ1n) is 5.59. The van der Waals surface area contributed by atoms with Gasteiger partial charge in [-0.3, -0.25) is 9.67 Å². The number of aromatic nitrogens is 3. The Labute approximate surface area is 104 Å². The summed E-state index contributed by atoms with van der Waals surface area (Å²) in [4.78, 5) is 4.24. The summed E-state index contributed by atoms with van der Waals surface area (Å²) in [5.41, 5.74) is 15.3. The lowest BCUT2D eigenvalue weighted by atomic mass is 10.0. The van der Waals surface area contributed by atoms with Crippen molar-refractivity contribution in [1.29, 1.82) is 0 Å². The Kier molecular flexibility index (Phi) is 2.19. The van der Waals surface area contributed by atoms with E-state index in [1.807, 2.05) is 31.3 Å². The monoisotopic (exact) mass is 239 g/mol. The van der Waals surface area contributed by atoms with Gasteiger partial charge in [-0.2, -0.15) is 5.10 Å². The minimum atomic E-state index is 0.515.